The van der Waals surface area contributed by atoms with Gasteiger partial charge in [0.05, 0.1) is 10.6 Å². The fourth-order valence-corrected chi connectivity index (χ4v) is 3.83. The van der Waals surface area contributed by atoms with E-state index in [1.165, 1.54) is 36.0 Å². The number of anilines is 1. The van der Waals surface area contributed by atoms with Crippen LogP contribution in [-0.2, 0) is 21.4 Å². The molecule has 0 atom stereocenters. The zero-order chi connectivity index (χ0) is 21.7. The number of amides is 1. The molecule has 0 aliphatic heterocycles. The molecule has 0 saturated carbocycles. The van der Waals surface area contributed by atoms with Crippen molar-refractivity contribution < 1.29 is 13.2 Å². The van der Waals surface area contributed by atoms with Crippen molar-refractivity contribution in [3.05, 3.63) is 60.9 Å². The molecule has 30 heavy (non-hydrogen) atoms. The molecule has 2 aromatic heterocycles. The molecule has 2 heterocycles. The molecule has 0 bridgehead atoms. The summed E-state index contributed by atoms with van der Waals surface area (Å²) in [5, 5.41) is 16.8. The Bertz CT molecular complexity index is 1160. The molecule has 0 fully saturated rings. The van der Waals surface area contributed by atoms with Gasteiger partial charge in [0.15, 0.2) is 11.0 Å². The van der Waals surface area contributed by atoms with Crippen LogP contribution in [0.25, 0.3) is 11.4 Å². The third-order valence-electron chi connectivity index (χ3n) is 3.88. The maximum Gasteiger partial charge on any atom is 0.238 e. The number of carbonyl (C=O) groups is 1. The number of carbonyl (C=O) groups excluding carboxylic acids is 1. The van der Waals surface area contributed by atoms with Gasteiger partial charge >= 0.3 is 0 Å². The highest BCUT2D eigenvalue weighted by molar-refractivity contribution is 7.99. The molecular formula is C19H20N6O3S2. The Morgan fingerprint density at radius 1 is 1.17 bits per heavy atom. The number of primary sulfonamides is 1. The van der Waals surface area contributed by atoms with Crippen LogP contribution >= 0.6 is 11.8 Å². The molecule has 156 valence electrons. The highest BCUT2D eigenvalue weighted by Crippen LogP contribution is 2.25. The molecule has 1 aromatic carbocycles. The number of allylic oxidation sites excluding steroid dienone is 1. The van der Waals surface area contributed by atoms with Crippen molar-refractivity contribution in [3.8, 4) is 11.4 Å². The lowest BCUT2D eigenvalue weighted by Crippen LogP contribution is -2.15. The monoisotopic (exact) mass is 444 g/mol. The van der Waals surface area contributed by atoms with Gasteiger partial charge in [-0.25, -0.2) is 13.6 Å². The zero-order valence-corrected chi connectivity index (χ0v) is 17.8. The number of rotatable bonds is 8. The molecule has 11 heteroatoms. The van der Waals surface area contributed by atoms with Crippen LogP contribution in [0.1, 0.15) is 6.92 Å². The molecule has 3 aromatic rings. The third-order valence-corrected chi connectivity index (χ3v) is 5.78. The molecule has 3 N–H and O–H groups in total. The summed E-state index contributed by atoms with van der Waals surface area (Å²) in [4.78, 5) is 16.3. The SMILES string of the molecule is C=C(C)Cn1c(SCC(=O)Nc2ccc(S(N)(=O)=O)cc2)nnc1-c1ccncc1. The maximum atomic E-state index is 12.3. The summed E-state index contributed by atoms with van der Waals surface area (Å²) >= 11 is 1.24. The summed E-state index contributed by atoms with van der Waals surface area (Å²) in [5.41, 5.74) is 2.25. The number of thioether (sulfide) groups is 1. The van der Waals surface area contributed by atoms with Crippen LogP contribution in [0, 0.1) is 0 Å². The van der Waals surface area contributed by atoms with Gasteiger partial charge in [-0.15, -0.1) is 10.2 Å². The third kappa shape index (κ3) is 5.53. The standard InChI is InChI=1S/C19H20N6O3S2/c1-13(2)11-25-18(14-7-9-21-10-8-14)23-24-19(25)29-12-17(26)22-15-3-5-16(6-4-15)30(20,27)28/h3-10H,1,11-12H2,2H3,(H,22,26)(H2,20,27,28). The van der Waals surface area contributed by atoms with E-state index in [4.69, 9.17) is 5.14 Å². The minimum atomic E-state index is -3.78. The molecule has 0 radical (unpaired) electrons. The lowest BCUT2D eigenvalue weighted by Gasteiger charge is -2.10. The normalized spacial score (nSPS) is 11.3. The van der Waals surface area contributed by atoms with Crippen LogP contribution in [0.15, 0.2) is 71.0 Å². The van der Waals surface area contributed by atoms with Gasteiger partial charge < -0.3 is 5.32 Å². The average Bonchev–Trinajstić information content (AvgIpc) is 3.08. The average molecular weight is 445 g/mol. The minimum Gasteiger partial charge on any atom is -0.325 e. The maximum absolute atomic E-state index is 12.3. The highest BCUT2D eigenvalue weighted by atomic mass is 32.2. The Hall–Kier alpha value is -3.02. The Morgan fingerprint density at radius 3 is 2.43 bits per heavy atom. The van der Waals surface area contributed by atoms with Crippen molar-refractivity contribution in [2.75, 3.05) is 11.1 Å². The number of nitrogens with one attached hydrogen (secondary N) is 1. The predicted molar refractivity (Wildman–Crippen MR) is 115 cm³/mol. The van der Waals surface area contributed by atoms with E-state index in [0.717, 1.165) is 11.1 Å². The fraction of sp³-hybridized carbons (Fsp3) is 0.158. The summed E-state index contributed by atoms with van der Waals surface area (Å²) in [6.45, 7) is 6.38. The molecule has 1 amide bonds. The van der Waals surface area contributed by atoms with Gasteiger partial charge in [0.1, 0.15) is 0 Å². The van der Waals surface area contributed by atoms with Gasteiger partial charge in [0, 0.05) is 30.2 Å². The number of benzene rings is 1. The van der Waals surface area contributed by atoms with Crippen molar-refractivity contribution in [1.29, 1.82) is 0 Å². The van der Waals surface area contributed by atoms with Gasteiger partial charge in [-0.3, -0.25) is 14.3 Å². The number of nitrogens with two attached hydrogens (primary N) is 1. The van der Waals surface area contributed by atoms with Crippen molar-refractivity contribution in [3.63, 3.8) is 0 Å². The van der Waals surface area contributed by atoms with Gasteiger partial charge in [-0.05, 0) is 43.3 Å². The summed E-state index contributed by atoms with van der Waals surface area (Å²) in [6.07, 6.45) is 3.35. The number of sulfonamides is 1. The topological polar surface area (TPSA) is 133 Å². The number of hydrogen-bond acceptors (Lipinski definition) is 7. The second-order valence-corrected chi connectivity index (χ2v) is 9.00. The summed E-state index contributed by atoms with van der Waals surface area (Å²) in [6, 6.07) is 9.31. The summed E-state index contributed by atoms with van der Waals surface area (Å²) in [5.74, 6) is 0.502. The number of hydrogen-bond donors (Lipinski definition) is 2. The molecule has 0 spiro atoms. The van der Waals surface area contributed by atoms with Gasteiger partial charge in [-0.1, -0.05) is 23.9 Å². The Kier molecular flexibility index (Phi) is 6.65. The van der Waals surface area contributed by atoms with E-state index in [9.17, 15) is 13.2 Å². The van der Waals surface area contributed by atoms with Crippen molar-refractivity contribution >= 4 is 33.4 Å². The van der Waals surface area contributed by atoms with Crippen LogP contribution < -0.4 is 10.5 Å². The van der Waals surface area contributed by atoms with Crippen LogP contribution in [0.3, 0.4) is 0 Å². The summed E-state index contributed by atoms with van der Waals surface area (Å²) < 4.78 is 24.5. The molecule has 9 nitrogen and oxygen atoms in total. The molecular weight excluding hydrogens is 424 g/mol. The molecule has 0 aliphatic rings. The molecule has 3 rings (SSSR count). The zero-order valence-electron chi connectivity index (χ0n) is 16.1. The van der Waals surface area contributed by atoms with E-state index < -0.39 is 10.0 Å². The van der Waals surface area contributed by atoms with Crippen molar-refractivity contribution in [2.45, 2.75) is 23.5 Å². The van der Waals surface area contributed by atoms with Crippen LogP contribution in [0.2, 0.25) is 0 Å². The fourth-order valence-electron chi connectivity index (χ4n) is 2.58. The molecule has 0 aliphatic carbocycles. The minimum absolute atomic E-state index is 0.0218. The smallest absolute Gasteiger partial charge is 0.238 e. The quantitative estimate of drug-likeness (QED) is 0.402. The van der Waals surface area contributed by atoms with E-state index in [1.54, 1.807) is 12.4 Å². The van der Waals surface area contributed by atoms with Crippen LogP contribution in [-0.4, -0.2) is 39.8 Å². The van der Waals surface area contributed by atoms with E-state index in [0.29, 0.717) is 23.2 Å². The second kappa shape index (κ2) is 9.20. The lowest BCUT2D eigenvalue weighted by atomic mass is 10.2. The van der Waals surface area contributed by atoms with E-state index >= 15 is 0 Å². The second-order valence-electron chi connectivity index (χ2n) is 6.49. The van der Waals surface area contributed by atoms with E-state index in [-0.39, 0.29) is 16.6 Å². The first-order valence-corrected chi connectivity index (χ1v) is 11.3. The number of nitrogens with zero attached hydrogens (tertiary/aromatic N) is 4. The van der Waals surface area contributed by atoms with Crippen LogP contribution in [0.5, 0.6) is 0 Å². The largest absolute Gasteiger partial charge is 0.325 e. The first kappa shape index (κ1) is 21.7. The highest BCUT2D eigenvalue weighted by Gasteiger charge is 2.16. The molecule has 0 saturated heterocycles. The van der Waals surface area contributed by atoms with Crippen LogP contribution in [0.4, 0.5) is 5.69 Å². The van der Waals surface area contributed by atoms with Crippen molar-refractivity contribution in [2.24, 2.45) is 5.14 Å². The van der Waals surface area contributed by atoms with Crippen molar-refractivity contribution in [1.82, 2.24) is 19.7 Å². The first-order chi connectivity index (χ1) is 14.2. The van der Waals surface area contributed by atoms with Gasteiger partial charge in [0.25, 0.3) is 0 Å². The van der Waals surface area contributed by atoms with E-state index in [2.05, 4.69) is 27.1 Å². The Labute approximate surface area is 178 Å². The predicted octanol–water partition coefficient (Wildman–Crippen LogP) is 2.29. The number of pyridine rings is 1. The van der Waals surface area contributed by atoms with Gasteiger partial charge in [0.2, 0.25) is 15.9 Å². The van der Waals surface area contributed by atoms with E-state index in [1.807, 2.05) is 23.6 Å². The van der Waals surface area contributed by atoms with Gasteiger partial charge in [-0.2, -0.15) is 0 Å². The first-order valence-electron chi connectivity index (χ1n) is 8.77. The molecule has 0 unspecified atom stereocenters. The Morgan fingerprint density at radius 2 is 1.83 bits per heavy atom. The Balaban J connectivity index is 1.70. The number of aromatic nitrogens is 4. The summed E-state index contributed by atoms with van der Waals surface area (Å²) in [7, 11) is -3.78. The lowest BCUT2D eigenvalue weighted by molar-refractivity contribution is -0.113.